The fourth-order valence-electron chi connectivity index (χ4n) is 3.09. The van der Waals surface area contributed by atoms with E-state index in [2.05, 4.69) is 30.7 Å². The largest absolute Gasteiger partial charge is 0.351 e. The summed E-state index contributed by atoms with van der Waals surface area (Å²) < 4.78 is 0. The van der Waals surface area contributed by atoms with E-state index in [4.69, 9.17) is 0 Å². The van der Waals surface area contributed by atoms with E-state index in [1.807, 2.05) is 61.5 Å². The SMILES string of the molecule is CN(C)CCNC(=O)c1ccccc1-c1n[nH]c2ccc(-c3ncn[nH]3)cc12. The molecular formula is C20H21N7O. The van der Waals surface area contributed by atoms with Crippen molar-refractivity contribution in [2.75, 3.05) is 27.2 Å². The van der Waals surface area contributed by atoms with Gasteiger partial charge in [0, 0.05) is 35.2 Å². The van der Waals surface area contributed by atoms with Gasteiger partial charge < -0.3 is 10.2 Å². The van der Waals surface area contributed by atoms with Crippen LogP contribution in [-0.2, 0) is 0 Å². The van der Waals surface area contributed by atoms with Gasteiger partial charge in [-0.15, -0.1) is 0 Å². The molecule has 2 aromatic heterocycles. The van der Waals surface area contributed by atoms with Gasteiger partial charge in [-0.3, -0.25) is 15.0 Å². The molecule has 2 heterocycles. The number of hydrogen-bond acceptors (Lipinski definition) is 5. The highest BCUT2D eigenvalue weighted by molar-refractivity contribution is 6.05. The van der Waals surface area contributed by atoms with Crippen molar-refractivity contribution in [3.8, 4) is 22.6 Å². The van der Waals surface area contributed by atoms with Gasteiger partial charge in [-0.2, -0.15) is 10.2 Å². The van der Waals surface area contributed by atoms with Crippen molar-refractivity contribution >= 4 is 16.8 Å². The summed E-state index contributed by atoms with van der Waals surface area (Å²) in [5.41, 5.74) is 3.90. The van der Waals surface area contributed by atoms with Gasteiger partial charge in [-0.05, 0) is 38.4 Å². The average Bonchev–Trinajstić information content (AvgIpc) is 3.37. The van der Waals surface area contributed by atoms with E-state index in [-0.39, 0.29) is 5.91 Å². The number of likely N-dealkylation sites (N-methyl/N-ethyl adjacent to an activating group) is 1. The molecule has 142 valence electrons. The molecule has 0 atom stereocenters. The Hall–Kier alpha value is -3.52. The number of hydrogen-bond donors (Lipinski definition) is 3. The Bertz CT molecular complexity index is 1100. The number of carbonyl (C=O) groups is 1. The van der Waals surface area contributed by atoms with Crippen LogP contribution in [0.3, 0.4) is 0 Å². The number of fused-ring (bicyclic) bond motifs is 1. The van der Waals surface area contributed by atoms with Crippen molar-refractivity contribution in [2.45, 2.75) is 0 Å². The number of rotatable bonds is 6. The minimum atomic E-state index is -0.111. The van der Waals surface area contributed by atoms with Crippen molar-refractivity contribution in [2.24, 2.45) is 0 Å². The molecular weight excluding hydrogens is 354 g/mol. The molecule has 0 fully saturated rings. The minimum Gasteiger partial charge on any atom is -0.351 e. The Morgan fingerprint density at radius 2 is 2.00 bits per heavy atom. The van der Waals surface area contributed by atoms with E-state index in [1.165, 1.54) is 6.33 Å². The lowest BCUT2D eigenvalue weighted by Gasteiger charge is -2.12. The zero-order valence-electron chi connectivity index (χ0n) is 15.7. The third kappa shape index (κ3) is 3.49. The van der Waals surface area contributed by atoms with Gasteiger partial charge in [0.15, 0.2) is 5.82 Å². The number of aromatic nitrogens is 5. The molecule has 0 bridgehead atoms. The fraction of sp³-hybridized carbons (Fsp3) is 0.200. The van der Waals surface area contributed by atoms with E-state index in [9.17, 15) is 4.79 Å². The molecule has 0 saturated heterocycles. The predicted octanol–water partition coefficient (Wildman–Crippen LogP) is 2.31. The van der Waals surface area contributed by atoms with Crippen LogP contribution in [0.25, 0.3) is 33.5 Å². The predicted molar refractivity (Wildman–Crippen MR) is 108 cm³/mol. The van der Waals surface area contributed by atoms with Crippen LogP contribution in [-0.4, -0.2) is 63.4 Å². The molecule has 4 aromatic rings. The number of benzene rings is 2. The summed E-state index contributed by atoms with van der Waals surface area (Å²) in [6, 6.07) is 13.4. The van der Waals surface area contributed by atoms with Crippen LogP contribution >= 0.6 is 0 Å². The first-order valence-corrected chi connectivity index (χ1v) is 8.99. The molecule has 0 spiro atoms. The molecule has 4 rings (SSSR count). The van der Waals surface area contributed by atoms with Crippen molar-refractivity contribution in [1.82, 2.24) is 35.6 Å². The Kier molecular flexibility index (Phi) is 4.86. The summed E-state index contributed by atoms with van der Waals surface area (Å²) >= 11 is 0. The van der Waals surface area contributed by atoms with E-state index in [1.54, 1.807) is 0 Å². The summed E-state index contributed by atoms with van der Waals surface area (Å²) in [6.45, 7) is 1.36. The van der Waals surface area contributed by atoms with Crippen molar-refractivity contribution in [1.29, 1.82) is 0 Å². The lowest BCUT2D eigenvalue weighted by atomic mass is 10.00. The number of nitrogens with zero attached hydrogens (tertiary/aromatic N) is 4. The first-order chi connectivity index (χ1) is 13.6. The highest BCUT2D eigenvalue weighted by atomic mass is 16.1. The van der Waals surface area contributed by atoms with E-state index in [0.717, 1.165) is 34.3 Å². The standard InChI is InChI=1S/C20H21N7O/c1-27(2)10-9-21-20(28)15-6-4-3-5-14(15)18-16-11-13(19-22-12-23-26-19)7-8-17(16)24-25-18/h3-8,11-12H,9-10H2,1-2H3,(H,21,28)(H,24,25)(H,22,23,26). The molecule has 0 aliphatic carbocycles. The molecule has 3 N–H and O–H groups in total. The molecule has 8 heteroatoms. The molecule has 8 nitrogen and oxygen atoms in total. The lowest BCUT2D eigenvalue weighted by Crippen LogP contribution is -2.31. The molecule has 0 aliphatic rings. The van der Waals surface area contributed by atoms with Crippen LogP contribution in [0, 0.1) is 0 Å². The Balaban J connectivity index is 1.72. The number of aromatic amines is 2. The summed E-state index contributed by atoms with van der Waals surface area (Å²) in [4.78, 5) is 19.0. The van der Waals surface area contributed by atoms with Gasteiger partial charge in [0.1, 0.15) is 12.0 Å². The minimum absolute atomic E-state index is 0.111. The third-order valence-electron chi connectivity index (χ3n) is 4.52. The van der Waals surface area contributed by atoms with Gasteiger partial charge in [0.25, 0.3) is 5.91 Å². The van der Waals surface area contributed by atoms with Crippen LogP contribution in [0.15, 0.2) is 48.8 Å². The first-order valence-electron chi connectivity index (χ1n) is 8.99. The monoisotopic (exact) mass is 375 g/mol. The van der Waals surface area contributed by atoms with Crippen LogP contribution in [0.2, 0.25) is 0 Å². The second-order valence-electron chi connectivity index (χ2n) is 6.77. The van der Waals surface area contributed by atoms with Crippen molar-refractivity contribution in [3.05, 3.63) is 54.4 Å². The van der Waals surface area contributed by atoms with Crippen LogP contribution in [0.5, 0.6) is 0 Å². The summed E-state index contributed by atoms with van der Waals surface area (Å²) in [7, 11) is 3.95. The first kappa shape index (κ1) is 17.9. The van der Waals surface area contributed by atoms with Gasteiger partial charge in [0.2, 0.25) is 0 Å². The fourth-order valence-corrected chi connectivity index (χ4v) is 3.09. The van der Waals surface area contributed by atoms with Gasteiger partial charge in [-0.25, -0.2) is 4.98 Å². The Morgan fingerprint density at radius 1 is 1.14 bits per heavy atom. The second-order valence-corrected chi connectivity index (χ2v) is 6.77. The summed E-state index contributed by atoms with van der Waals surface area (Å²) in [5.74, 6) is 0.573. The van der Waals surface area contributed by atoms with Crippen molar-refractivity contribution < 1.29 is 4.79 Å². The zero-order valence-corrected chi connectivity index (χ0v) is 15.7. The molecule has 0 radical (unpaired) electrons. The molecule has 28 heavy (non-hydrogen) atoms. The smallest absolute Gasteiger partial charge is 0.252 e. The maximum atomic E-state index is 12.7. The van der Waals surface area contributed by atoms with Crippen LogP contribution in [0.1, 0.15) is 10.4 Å². The molecule has 0 unspecified atom stereocenters. The Labute approximate surface area is 162 Å². The normalized spacial score (nSPS) is 11.2. The van der Waals surface area contributed by atoms with E-state index < -0.39 is 0 Å². The maximum absolute atomic E-state index is 12.7. The number of carbonyl (C=O) groups excluding carboxylic acids is 1. The molecule has 0 saturated carbocycles. The highest BCUT2D eigenvalue weighted by Gasteiger charge is 2.17. The zero-order chi connectivity index (χ0) is 19.5. The summed E-state index contributed by atoms with van der Waals surface area (Å²) in [6.07, 6.45) is 1.48. The average molecular weight is 375 g/mol. The van der Waals surface area contributed by atoms with Gasteiger partial charge >= 0.3 is 0 Å². The summed E-state index contributed by atoms with van der Waals surface area (Å²) in [5, 5.41) is 18.2. The van der Waals surface area contributed by atoms with Gasteiger partial charge in [-0.1, -0.05) is 18.2 Å². The second kappa shape index (κ2) is 7.61. The Morgan fingerprint density at radius 3 is 2.79 bits per heavy atom. The maximum Gasteiger partial charge on any atom is 0.252 e. The van der Waals surface area contributed by atoms with E-state index in [0.29, 0.717) is 17.9 Å². The number of nitrogens with one attached hydrogen (secondary N) is 3. The molecule has 1 amide bonds. The molecule has 0 aliphatic heterocycles. The highest BCUT2D eigenvalue weighted by Crippen LogP contribution is 2.31. The molecule has 2 aromatic carbocycles. The van der Waals surface area contributed by atoms with E-state index >= 15 is 0 Å². The quantitative estimate of drug-likeness (QED) is 0.480. The topological polar surface area (TPSA) is 103 Å². The number of amides is 1. The van der Waals surface area contributed by atoms with Gasteiger partial charge in [0.05, 0.1) is 5.52 Å². The van der Waals surface area contributed by atoms with Crippen molar-refractivity contribution in [3.63, 3.8) is 0 Å². The van der Waals surface area contributed by atoms with Crippen LogP contribution < -0.4 is 5.32 Å². The number of H-pyrrole nitrogens is 2. The van der Waals surface area contributed by atoms with Crippen LogP contribution in [0.4, 0.5) is 0 Å². The lowest BCUT2D eigenvalue weighted by molar-refractivity contribution is 0.0951. The third-order valence-corrected chi connectivity index (χ3v) is 4.52.